The second-order valence-corrected chi connectivity index (χ2v) is 3.47. The highest BCUT2D eigenvalue weighted by Crippen LogP contribution is 2.23. The van der Waals surface area contributed by atoms with E-state index in [1.54, 1.807) is 26.2 Å². The molecule has 4 heteroatoms. The van der Waals surface area contributed by atoms with Crippen molar-refractivity contribution in [3.05, 3.63) is 23.8 Å². The second kappa shape index (κ2) is 5.66. The van der Waals surface area contributed by atoms with Crippen LogP contribution >= 0.6 is 12.6 Å². The zero-order valence-corrected chi connectivity index (χ0v) is 9.71. The van der Waals surface area contributed by atoms with Crippen LogP contribution in [0, 0.1) is 0 Å². The van der Waals surface area contributed by atoms with Crippen LogP contribution in [0.1, 0.15) is 12.5 Å². The Hall–Kier alpha value is -1.16. The van der Waals surface area contributed by atoms with Gasteiger partial charge in [-0.25, -0.2) is 0 Å². The molecule has 0 aromatic heterocycles. The normalized spacial score (nSPS) is 9.80. The Labute approximate surface area is 94.8 Å². The Bertz CT molecular complexity index is 350. The van der Waals surface area contributed by atoms with Crippen molar-refractivity contribution in [2.24, 2.45) is 0 Å². The van der Waals surface area contributed by atoms with Crippen LogP contribution in [0.4, 0.5) is 0 Å². The van der Waals surface area contributed by atoms with Gasteiger partial charge < -0.3 is 9.47 Å². The van der Waals surface area contributed by atoms with Gasteiger partial charge in [0.05, 0.1) is 20.1 Å². The summed E-state index contributed by atoms with van der Waals surface area (Å²) in [6, 6.07) is 5.42. The Balaban J connectivity index is 2.71. The third-order valence-corrected chi connectivity index (χ3v) is 2.25. The number of rotatable bonds is 4. The van der Waals surface area contributed by atoms with Crippen LogP contribution in [0.2, 0.25) is 0 Å². The quantitative estimate of drug-likeness (QED) is 0.630. The SMILES string of the molecule is CCOC(=O)Cc1ccc(OC)c(S)c1. The molecule has 0 unspecified atom stereocenters. The van der Waals surface area contributed by atoms with Crippen LogP contribution in [0.25, 0.3) is 0 Å². The van der Waals surface area contributed by atoms with Gasteiger partial charge in [-0.05, 0) is 24.6 Å². The first-order valence-corrected chi connectivity index (χ1v) is 5.13. The summed E-state index contributed by atoms with van der Waals surface area (Å²) in [5.41, 5.74) is 0.874. The van der Waals surface area contributed by atoms with E-state index in [9.17, 15) is 4.79 Å². The van der Waals surface area contributed by atoms with Crippen molar-refractivity contribution in [2.45, 2.75) is 18.2 Å². The highest BCUT2D eigenvalue weighted by Gasteiger charge is 2.06. The number of methoxy groups -OCH3 is 1. The number of ether oxygens (including phenoxy) is 2. The summed E-state index contributed by atoms with van der Waals surface area (Å²) in [4.78, 5) is 11.9. The van der Waals surface area contributed by atoms with Crippen LogP contribution in [0.15, 0.2) is 23.1 Å². The molecule has 0 heterocycles. The average molecular weight is 226 g/mol. The Morgan fingerprint density at radius 1 is 1.47 bits per heavy atom. The molecule has 82 valence electrons. The van der Waals surface area contributed by atoms with Crippen LogP contribution < -0.4 is 4.74 Å². The molecule has 0 radical (unpaired) electrons. The van der Waals surface area contributed by atoms with Crippen molar-refractivity contribution in [3.8, 4) is 5.75 Å². The van der Waals surface area contributed by atoms with Gasteiger partial charge in [-0.2, -0.15) is 0 Å². The van der Waals surface area contributed by atoms with E-state index in [0.29, 0.717) is 12.4 Å². The van der Waals surface area contributed by atoms with Gasteiger partial charge in [0.25, 0.3) is 0 Å². The fourth-order valence-electron chi connectivity index (χ4n) is 1.22. The molecule has 15 heavy (non-hydrogen) atoms. The number of esters is 1. The van der Waals surface area contributed by atoms with Gasteiger partial charge >= 0.3 is 5.97 Å². The van der Waals surface area contributed by atoms with Gasteiger partial charge in [0, 0.05) is 4.90 Å². The molecule has 0 fully saturated rings. The molecule has 1 rings (SSSR count). The highest BCUT2D eigenvalue weighted by atomic mass is 32.1. The van der Waals surface area contributed by atoms with Crippen molar-refractivity contribution in [2.75, 3.05) is 13.7 Å². The smallest absolute Gasteiger partial charge is 0.310 e. The van der Waals surface area contributed by atoms with E-state index in [-0.39, 0.29) is 12.4 Å². The number of hydrogen-bond donors (Lipinski definition) is 1. The number of benzene rings is 1. The average Bonchev–Trinajstić information content (AvgIpc) is 2.18. The topological polar surface area (TPSA) is 35.5 Å². The molecule has 0 aliphatic rings. The number of carbonyl (C=O) groups excluding carboxylic acids is 1. The van der Waals surface area contributed by atoms with Crippen molar-refractivity contribution >= 4 is 18.6 Å². The van der Waals surface area contributed by atoms with E-state index in [1.807, 2.05) is 6.07 Å². The molecule has 0 aliphatic heterocycles. The summed E-state index contributed by atoms with van der Waals surface area (Å²) < 4.78 is 9.91. The van der Waals surface area contributed by atoms with Crippen molar-refractivity contribution in [1.82, 2.24) is 0 Å². The summed E-state index contributed by atoms with van der Waals surface area (Å²) in [5.74, 6) is 0.473. The van der Waals surface area contributed by atoms with Gasteiger partial charge in [-0.1, -0.05) is 6.07 Å². The molecular weight excluding hydrogens is 212 g/mol. The second-order valence-electron chi connectivity index (χ2n) is 2.99. The Morgan fingerprint density at radius 2 is 2.20 bits per heavy atom. The lowest BCUT2D eigenvalue weighted by atomic mass is 10.1. The lowest BCUT2D eigenvalue weighted by Gasteiger charge is -2.06. The van der Waals surface area contributed by atoms with Gasteiger partial charge in [0.2, 0.25) is 0 Å². The minimum atomic E-state index is -0.226. The van der Waals surface area contributed by atoms with Gasteiger partial charge in [0.1, 0.15) is 5.75 Å². The number of carbonyl (C=O) groups is 1. The van der Waals surface area contributed by atoms with Gasteiger partial charge in [0.15, 0.2) is 0 Å². The molecule has 0 atom stereocenters. The van der Waals surface area contributed by atoms with Crippen LogP contribution in [-0.4, -0.2) is 19.7 Å². The van der Waals surface area contributed by atoms with Crippen molar-refractivity contribution in [1.29, 1.82) is 0 Å². The van der Waals surface area contributed by atoms with E-state index in [0.717, 1.165) is 10.5 Å². The summed E-state index contributed by atoms with van der Waals surface area (Å²) in [5, 5.41) is 0. The predicted octanol–water partition coefficient (Wildman–Crippen LogP) is 2.09. The molecular formula is C11H14O3S. The summed E-state index contributed by atoms with van der Waals surface area (Å²) in [6.45, 7) is 2.19. The zero-order chi connectivity index (χ0) is 11.3. The third kappa shape index (κ3) is 3.47. The zero-order valence-electron chi connectivity index (χ0n) is 8.82. The monoisotopic (exact) mass is 226 g/mol. The molecule has 1 aromatic carbocycles. The van der Waals surface area contributed by atoms with E-state index >= 15 is 0 Å². The van der Waals surface area contributed by atoms with Crippen LogP contribution in [0.5, 0.6) is 5.75 Å². The number of thiol groups is 1. The molecule has 0 N–H and O–H groups in total. The Kier molecular flexibility index (Phi) is 4.49. The molecule has 0 saturated carbocycles. The van der Waals surface area contributed by atoms with Gasteiger partial charge in [-0.15, -0.1) is 12.6 Å². The van der Waals surface area contributed by atoms with E-state index in [4.69, 9.17) is 9.47 Å². The molecule has 0 aliphatic carbocycles. The minimum Gasteiger partial charge on any atom is -0.496 e. The van der Waals surface area contributed by atoms with E-state index < -0.39 is 0 Å². The van der Waals surface area contributed by atoms with Gasteiger partial charge in [-0.3, -0.25) is 4.79 Å². The summed E-state index contributed by atoms with van der Waals surface area (Å²) in [6.07, 6.45) is 0.269. The molecule has 3 nitrogen and oxygen atoms in total. The standard InChI is InChI=1S/C11H14O3S/c1-3-14-11(12)7-8-4-5-9(13-2)10(15)6-8/h4-6,15H,3,7H2,1-2H3. The molecule has 0 saturated heterocycles. The van der Waals surface area contributed by atoms with E-state index in [1.165, 1.54) is 0 Å². The predicted molar refractivity (Wildman–Crippen MR) is 60.6 cm³/mol. The maximum atomic E-state index is 11.2. The Morgan fingerprint density at radius 3 is 2.73 bits per heavy atom. The minimum absolute atomic E-state index is 0.226. The fourth-order valence-corrected chi connectivity index (χ4v) is 1.56. The highest BCUT2D eigenvalue weighted by molar-refractivity contribution is 7.80. The molecule has 0 spiro atoms. The van der Waals surface area contributed by atoms with Crippen LogP contribution in [0.3, 0.4) is 0 Å². The third-order valence-electron chi connectivity index (χ3n) is 1.90. The number of hydrogen-bond acceptors (Lipinski definition) is 4. The summed E-state index contributed by atoms with van der Waals surface area (Å²) in [7, 11) is 1.58. The molecule has 1 aromatic rings. The van der Waals surface area contributed by atoms with E-state index in [2.05, 4.69) is 12.6 Å². The first-order chi connectivity index (χ1) is 7.17. The first-order valence-electron chi connectivity index (χ1n) is 4.69. The fraction of sp³-hybridized carbons (Fsp3) is 0.364. The largest absolute Gasteiger partial charge is 0.496 e. The van der Waals surface area contributed by atoms with Crippen LogP contribution in [-0.2, 0) is 16.0 Å². The van der Waals surface area contributed by atoms with Crippen molar-refractivity contribution in [3.63, 3.8) is 0 Å². The molecule has 0 amide bonds. The maximum Gasteiger partial charge on any atom is 0.310 e. The summed E-state index contributed by atoms with van der Waals surface area (Å²) >= 11 is 4.25. The van der Waals surface area contributed by atoms with Crippen molar-refractivity contribution < 1.29 is 14.3 Å². The lowest BCUT2D eigenvalue weighted by Crippen LogP contribution is -2.07. The maximum absolute atomic E-state index is 11.2. The first kappa shape index (κ1) is 11.9. The lowest BCUT2D eigenvalue weighted by molar-refractivity contribution is -0.142. The molecule has 0 bridgehead atoms.